The zero-order valence-electron chi connectivity index (χ0n) is 14.0. The molecule has 4 aliphatic rings. The molecule has 2 nitrogen and oxygen atoms in total. The van der Waals surface area contributed by atoms with E-state index in [1.807, 2.05) is 6.92 Å². The minimum absolute atomic E-state index is 0.0412. The molecule has 4 rings (SSSR count). The SMILES string of the molecule is CCC(C)C(=O)OC1(C)CC2C(C)C1C1C3CCC(C3)C21. The van der Waals surface area contributed by atoms with E-state index in [9.17, 15) is 4.79 Å². The van der Waals surface area contributed by atoms with Gasteiger partial charge in [-0.15, -0.1) is 0 Å². The largest absolute Gasteiger partial charge is 0.459 e. The van der Waals surface area contributed by atoms with Crippen LogP contribution in [0.5, 0.6) is 0 Å². The number of esters is 1. The second kappa shape index (κ2) is 4.49. The molecule has 0 aromatic heterocycles. The van der Waals surface area contributed by atoms with Gasteiger partial charge in [-0.3, -0.25) is 4.79 Å². The van der Waals surface area contributed by atoms with E-state index in [-0.39, 0.29) is 17.5 Å². The highest BCUT2D eigenvalue weighted by molar-refractivity contribution is 5.72. The number of fused-ring (bicyclic) bond motifs is 9. The van der Waals surface area contributed by atoms with Gasteiger partial charge in [0.05, 0.1) is 5.92 Å². The van der Waals surface area contributed by atoms with Crippen molar-refractivity contribution in [2.45, 2.75) is 65.4 Å². The fourth-order valence-electron chi connectivity index (χ4n) is 7.01. The second-order valence-electron chi connectivity index (χ2n) is 8.78. The van der Waals surface area contributed by atoms with Gasteiger partial charge in [0.15, 0.2) is 0 Å². The molecular weight excluding hydrogens is 260 g/mol. The second-order valence-corrected chi connectivity index (χ2v) is 8.78. The molecule has 4 aliphatic carbocycles. The Labute approximate surface area is 129 Å². The zero-order chi connectivity index (χ0) is 14.9. The maximum atomic E-state index is 12.3. The lowest BCUT2D eigenvalue weighted by Gasteiger charge is -2.44. The quantitative estimate of drug-likeness (QED) is 0.573. The van der Waals surface area contributed by atoms with Crippen molar-refractivity contribution in [3.05, 3.63) is 0 Å². The van der Waals surface area contributed by atoms with Crippen LogP contribution in [0.2, 0.25) is 0 Å². The highest BCUT2D eigenvalue weighted by Gasteiger charge is 2.69. The number of carbonyl (C=O) groups excluding carboxylic acids is 1. The summed E-state index contributed by atoms with van der Waals surface area (Å²) in [6, 6.07) is 0. The molecule has 0 spiro atoms. The number of hydrogen-bond acceptors (Lipinski definition) is 2. The Morgan fingerprint density at radius 1 is 1.29 bits per heavy atom. The van der Waals surface area contributed by atoms with Crippen LogP contribution < -0.4 is 0 Å². The average Bonchev–Trinajstić information content (AvgIpc) is 3.16. The Kier molecular flexibility index (Phi) is 3.01. The molecule has 0 N–H and O–H groups in total. The highest BCUT2D eigenvalue weighted by Crippen LogP contribution is 2.72. The molecule has 9 atom stereocenters. The van der Waals surface area contributed by atoms with E-state index in [1.54, 1.807) is 0 Å². The van der Waals surface area contributed by atoms with Gasteiger partial charge in [-0.1, -0.05) is 20.8 Å². The van der Waals surface area contributed by atoms with Gasteiger partial charge in [0, 0.05) is 5.92 Å². The highest BCUT2D eigenvalue weighted by atomic mass is 16.6. The predicted octanol–water partition coefficient (Wildman–Crippen LogP) is 4.28. The fraction of sp³-hybridized carbons (Fsp3) is 0.947. The third-order valence-electron chi connectivity index (χ3n) is 7.89. The van der Waals surface area contributed by atoms with Crippen molar-refractivity contribution in [1.82, 2.24) is 0 Å². The summed E-state index contributed by atoms with van der Waals surface area (Å²) in [5.74, 6) is 6.10. The van der Waals surface area contributed by atoms with Crippen LogP contribution >= 0.6 is 0 Å². The van der Waals surface area contributed by atoms with Crippen LogP contribution in [0.4, 0.5) is 0 Å². The molecule has 4 saturated carbocycles. The lowest BCUT2D eigenvalue weighted by atomic mass is 9.66. The Bertz CT molecular complexity index is 458. The number of hydrogen-bond donors (Lipinski definition) is 0. The molecule has 118 valence electrons. The molecule has 0 radical (unpaired) electrons. The van der Waals surface area contributed by atoms with Crippen molar-refractivity contribution in [3.8, 4) is 0 Å². The number of rotatable bonds is 3. The summed E-state index contributed by atoms with van der Waals surface area (Å²) in [5.41, 5.74) is -0.170. The lowest BCUT2D eigenvalue weighted by Crippen LogP contribution is -2.46. The summed E-state index contributed by atoms with van der Waals surface area (Å²) in [4.78, 5) is 12.3. The Morgan fingerprint density at radius 2 is 1.95 bits per heavy atom. The number of ether oxygens (including phenoxy) is 1. The third-order valence-corrected chi connectivity index (χ3v) is 7.89. The molecule has 4 fully saturated rings. The smallest absolute Gasteiger partial charge is 0.309 e. The van der Waals surface area contributed by atoms with Crippen molar-refractivity contribution in [1.29, 1.82) is 0 Å². The van der Waals surface area contributed by atoms with E-state index >= 15 is 0 Å². The minimum atomic E-state index is -0.170. The van der Waals surface area contributed by atoms with Crippen LogP contribution in [0.1, 0.15) is 59.8 Å². The molecule has 0 saturated heterocycles. The maximum Gasteiger partial charge on any atom is 0.309 e. The zero-order valence-corrected chi connectivity index (χ0v) is 14.0. The molecule has 9 unspecified atom stereocenters. The van der Waals surface area contributed by atoms with E-state index < -0.39 is 0 Å². The van der Waals surface area contributed by atoms with E-state index in [0.717, 1.165) is 48.3 Å². The van der Waals surface area contributed by atoms with Crippen LogP contribution in [-0.4, -0.2) is 11.6 Å². The van der Waals surface area contributed by atoms with Gasteiger partial charge in [0.2, 0.25) is 0 Å². The Morgan fingerprint density at radius 3 is 2.62 bits per heavy atom. The van der Waals surface area contributed by atoms with Gasteiger partial charge >= 0.3 is 5.97 Å². The summed E-state index contributed by atoms with van der Waals surface area (Å²) in [5, 5.41) is 0. The monoisotopic (exact) mass is 290 g/mol. The van der Waals surface area contributed by atoms with Crippen LogP contribution in [0.15, 0.2) is 0 Å². The van der Waals surface area contributed by atoms with Crippen molar-refractivity contribution < 1.29 is 9.53 Å². The number of carbonyl (C=O) groups is 1. The Balaban J connectivity index is 1.58. The van der Waals surface area contributed by atoms with Gasteiger partial charge in [-0.05, 0) is 74.5 Å². The van der Waals surface area contributed by atoms with Crippen molar-refractivity contribution in [2.75, 3.05) is 0 Å². The summed E-state index contributed by atoms with van der Waals surface area (Å²) in [7, 11) is 0. The molecule has 0 aromatic carbocycles. The summed E-state index contributed by atoms with van der Waals surface area (Å²) in [6.45, 7) is 8.76. The molecule has 0 amide bonds. The van der Waals surface area contributed by atoms with Crippen molar-refractivity contribution >= 4 is 5.97 Å². The van der Waals surface area contributed by atoms with E-state index in [1.165, 1.54) is 19.3 Å². The molecule has 21 heavy (non-hydrogen) atoms. The fourth-order valence-corrected chi connectivity index (χ4v) is 7.01. The van der Waals surface area contributed by atoms with E-state index in [4.69, 9.17) is 4.74 Å². The molecule has 4 bridgehead atoms. The van der Waals surface area contributed by atoms with Crippen LogP contribution in [-0.2, 0) is 9.53 Å². The van der Waals surface area contributed by atoms with Crippen LogP contribution in [0, 0.1) is 47.3 Å². The molecular formula is C19H30O2. The van der Waals surface area contributed by atoms with E-state index in [2.05, 4.69) is 20.8 Å². The van der Waals surface area contributed by atoms with Gasteiger partial charge in [-0.2, -0.15) is 0 Å². The molecule has 0 heterocycles. The first-order valence-electron chi connectivity index (χ1n) is 9.19. The van der Waals surface area contributed by atoms with Crippen molar-refractivity contribution in [3.63, 3.8) is 0 Å². The molecule has 0 aromatic rings. The predicted molar refractivity (Wildman–Crippen MR) is 82.5 cm³/mol. The first-order chi connectivity index (χ1) is 9.96. The first-order valence-corrected chi connectivity index (χ1v) is 9.19. The molecule has 2 heteroatoms. The topological polar surface area (TPSA) is 26.3 Å². The normalized spacial score (nSPS) is 54.8. The van der Waals surface area contributed by atoms with Gasteiger partial charge in [0.1, 0.15) is 5.60 Å². The standard InChI is InChI=1S/C19H30O2/c1-5-10(2)18(20)21-19(4)9-14-11(3)17(19)16-13-7-6-12(8-13)15(14)16/h10-17H,5-9H2,1-4H3. The summed E-state index contributed by atoms with van der Waals surface area (Å²) >= 11 is 0. The third kappa shape index (κ3) is 1.74. The van der Waals surface area contributed by atoms with Gasteiger partial charge in [0.25, 0.3) is 0 Å². The molecule has 0 aliphatic heterocycles. The van der Waals surface area contributed by atoms with Gasteiger partial charge < -0.3 is 4.74 Å². The summed E-state index contributed by atoms with van der Waals surface area (Å²) in [6.07, 6.45) is 6.41. The van der Waals surface area contributed by atoms with Crippen molar-refractivity contribution in [2.24, 2.45) is 47.3 Å². The summed E-state index contributed by atoms with van der Waals surface area (Å²) < 4.78 is 6.13. The van der Waals surface area contributed by atoms with Crippen LogP contribution in [0.25, 0.3) is 0 Å². The first kappa shape index (κ1) is 14.1. The Hall–Kier alpha value is -0.530. The maximum absolute atomic E-state index is 12.3. The average molecular weight is 290 g/mol. The van der Waals surface area contributed by atoms with Gasteiger partial charge in [-0.25, -0.2) is 0 Å². The van der Waals surface area contributed by atoms with Crippen LogP contribution in [0.3, 0.4) is 0 Å². The van der Waals surface area contributed by atoms with E-state index in [0.29, 0.717) is 5.92 Å². The lowest BCUT2D eigenvalue weighted by molar-refractivity contribution is -0.173. The minimum Gasteiger partial charge on any atom is -0.459 e.